The largest absolute Gasteiger partial charge is 0.321 e. The molecule has 0 aliphatic heterocycles. The van der Waals surface area contributed by atoms with Crippen molar-refractivity contribution in [3.05, 3.63) is 121 Å². The second kappa shape index (κ2) is 10.4. The number of nitrogens with zero attached hydrogens (tertiary/aromatic N) is 4. The predicted molar refractivity (Wildman–Crippen MR) is 174 cm³/mol. The summed E-state index contributed by atoms with van der Waals surface area (Å²) < 4.78 is 90.6. The molecule has 7 nitrogen and oxygen atoms in total. The molecule has 5 aromatic rings. The molecule has 0 radical (unpaired) electrons. The van der Waals surface area contributed by atoms with E-state index in [9.17, 15) is 27.2 Å². The summed E-state index contributed by atoms with van der Waals surface area (Å²) in [4.78, 5) is 32.6. The van der Waals surface area contributed by atoms with Gasteiger partial charge in [0.25, 0.3) is 17.9 Å². The summed E-state index contributed by atoms with van der Waals surface area (Å²) in [6.45, 7) is -0.884. The Labute approximate surface area is 287 Å². The van der Waals surface area contributed by atoms with Gasteiger partial charge in [0.1, 0.15) is 29.6 Å². The lowest BCUT2D eigenvalue weighted by Crippen LogP contribution is -2.33. The van der Waals surface area contributed by atoms with Crippen molar-refractivity contribution in [1.29, 1.82) is 0 Å². The van der Waals surface area contributed by atoms with Gasteiger partial charge in [-0.25, -0.2) is 22.5 Å². The zero-order valence-corrected chi connectivity index (χ0v) is 27.4. The molecule has 3 fully saturated rings. The first-order valence-corrected chi connectivity index (χ1v) is 16.7. The molecule has 3 saturated carbocycles. The van der Waals surface area contributed by atoms with E-state index >= 15 is 8.78 Å². The molecule has 0 saturated heterocycles. The van der Waals surface area contributed by atoms with E-state index in [1.807, 2.05) is 12.1 Å². The van der Waals surface area contributed by atoms with Crippen molar-refractivity contribution in [2.75, 3.05) is 0 Å². The minimum Gasteiger partial charge on any atom is -0.321 e. The van der Waals surface area contributed by atoms with Crippen LogP contribution in [0.15, 0.2) is 69.9 Å². The number of fused-ring (bicyclic) bond motifs is 2. The first-order chi connectivity index (χ1) is 23.8. The highest BCUT2D eigenvalue weighted by Gasteiger charge is 2.98. The van der Waals surface area contributed by atoms with Gasteiger partial charge in [0, 0.05) is 21.5 Å². The quantitative estimate of drug-likeness (QED) is 0.164. The van der Waals surface area contributed by atoms with Crippen molar-refractivity contribution in [2.45, 2.75) is 55.9 Å². The van der Waals surface area contributed by atoms with Crippen LogP contribution in [0, 0.1) is 17.0 Å². The topological polar surface area (TPSA) is 81.8 Å². The molecular weight excluding hydrogens is 728 g/mol. The smallest absolute Gasteiger partial charge is 0.296 e. The van der Waals surface area contributed by atoms with Crippen molar-refractivity contribution in [2.24, 2.45) is 5.41 Å². The molecule has 1 amide bonds. The molecular formula is C36H24BrF6N5O2. The number of amides is 1. The summed E-state index contributed by atoms with van der Waals surface area (Å²) in [5.74, 6) is -5.99. The molecule has 0 unspecified atom stereocenters. The molecule has 2 heterocycles. The van der Waals surface area contributed by atoms with Crippen LogP contribution >= 0.6 is 15.9 Å². The highest BCUT2D eigenvalue weighted by Crippen LogP contribution is 2.96. The third-order valence-corrected chi connectivity index (χ3v) is 11.0. The molecule has 0 atom stereocenters. The van der Waals surface area contributed by atoms with Gasteiger partial charge in [-0.1, -0.05) is 28.1 Å². The third-order valence-electron chi connectivity index (χ3n) is 10.5. The second-order valence-corrected chi connectivity index (χ2v) is 14.5. The van der Waals surface area contributed by atoms with E-state index in [0.29, 0.717) is 26.8 Å². The van der Waals surface area contributed by atoms with Gasteiger partial charge in [0.05, 0.1) is 27.7 Å². The Morgan fingerprint density at radius 3 is 2.38 bits per heavy atom. The number of hydrogen-bond acceptors (Lipinski definition) is 4. The molecule has 50 heavy (non-hydrogen) atoms. The minimum atomic E-state index is -3.46. The van der Waals surface area contributed by atoms with Gasteiger partial charge in [-0.15, -0.1) is 0 Å². The van der Waals surface area contributed by atoms with E-state index in [0.717, 1.165) is 30.5 Å². The van der Waals surface area contributed by atoms with Crippen molar-refractivity contribution in [3.8, 4) is 5.69 Å². The first kappa shape index (κ1) is 31.3. The number of benzene rings is 3. The third kappa shape index (κ3) is 4.49. The Bertz CT molecular complexity index is 2370. The molecule has 1 N–H and O–H groups in total. The highest BCUT2D eigenvalue weighted by molar-refractivity contribution is 9.10. The molecule has 14 heteroatoms. The lowest BCUT2D eigenvalue weighted by Gasteiger charge is -2.22. The molecule has 0 spiro atoms. The van der Waals surface area contributed by atoms with Crippen LogP contribution in [0.3, 0.4) is 0 Å². The number of carbonyl (C=O) groups excluding carboxylic acids is 1. The summed E-state index contributed by atoms with van der Waals surface area (Å²) in [6, 6.07) is 14.7. The SMILES string of the molecule is O=C(Cn1nc(C(F)F)c2c1C(F)(F)C13CC21C3)N/C(=C/c1cc(F)cc(F)c1)c1nc2cc(Br)ccc2c(=O)n1-c1ccc(C2CC2)cc1. The van der Waals surface area contributed by atoms with Gasteiger partial charge in [-0.2, -0.15) is 13.9 Å². The molecule has 0 bridgehead atoms. The molecule has 3 aromatic carbocycles. The van der Waals surface area contributed by atoms with Crippen LogP contribution in [0.25, 0.3) is 28.4 Å². The number of halogens is 7. The molecule has 9 rings (SSSR count). The van der Waals surface area contributed by atoms with Crippen LogP contribution in [-0.2, 0) is 22.7 Å². The average Bonchev–Trinajstić information content (AvgIpc) is 3.98. The van der Waals surface area contributed by atoms with E-state index in [4.69, 9.17) is 4.98 Å². The van der Waals surface area contributed by atoms with Crippen LogP contribution < -0.4 is 10.9 Å². The van der Waals surface area contributed by atoms with Gasteiger partial charge >= 0.3 is 0 Å². The highest BCUT2D eigenvalue weighted by atomic mass is 79.9. The Morgan fingerprint density at radius 2 is 1.72 bits per heavy atom. The Balaban J connectivity index is 1.18. The van der Waals surface area contributed by atoms with Crippen molar-refractivity contribution >= 4 is 44.5 Å². The van der Waals surface area contributed by atoms with Crippen molar-refractivity contribution < 1.29 is 31.1 Å². The van der Waals surface area contributed by atoms with E-state index in [-0.39, 0.29) is 46.4 Å². The van der Waals surface area contributed by atoms with Gasteiger partial charge < -0.3 is 5.32 Å². The lowest BCUT2D eigenvalue weighted by molar-refractivity contribution is -0.121. The standard InChI is InChI=1S/C36H24BrF6N5O2/c37-20-5-8-24-25(12-20)45-32(48(33(24)50)23-6-3-19(4-7-23)18-1-2-18)26(11-17-9-21(38)13-22(39)10-17)44-27(49)14-47-30-28(29(46-47)31(40)41)34-15-35(34,16-34)36(30,42)43/h3-13,18,31H,1-2,14-16H2,(H,44,49)/b26-11+. The number of aromatic nitrogens is 4. The average molecular weight is 753 g/mol. The molecule has 2 aromatic heterocycles. The van der Waals surface area contributed by atoms with E-state index in [2.05, 4.69) is 26.3 Å². The number of rotatable bonds is 8. The summed E-state index contributed by atoms with van der Waals surface area (Å²) in [7, 11) is 0. The van der Waals surface area contributed by atoms with Crippen LogP contribution in [0.1, 0.15) is 71.9 Å². The Hall–Kier alpha value is -4.72. The molecule has 4 aliphatic rings. The van der Waals surface area contributed by atoms with E-state index in [1.165, 1.54) is 10.6 Å². The van der Waals surface area contributed by atoms with Crippen LogP contribution in [0.4, 0.5) is 26.3 Å². The summed E-state index contributed by atoms with van der Waals surface area (Å²) in [6.07, 6.45) is 0.350. The van der Waals surface area contributed by atoms with Gasteiger partial charge in [-0.3, -0.25) is 18.8 Å². The lowest BCUT2D eigenvalue weighted by atomic mass is 9.93. The van der Waals surface area contributed by atoms with E-state index < -0.39 is 64.2 Å². The minimum absolute atomic E-state index is 0.0538. The fraction of sp³-hybridized carbons (Fsp3) is 0.278. The predicted octanol–water partition coefficient (Wildman–Crippen LogP) is 7.89. The zero-order valence-electron chi connectivity index (χ0n) is 25.8. The fourth-order valence-corrected chi connectivity index (χ4v) is 8.14. The monoisotopic (exact) mass is 751 g/mol. The van der Waals surface area contributed by atoms with Crippen molar-refractivity contribution in [3.63, 3.8) is 0 Å². The maximum atomic E-state index is 15.6. The first-order valence-electron chi connectivity index (χ1n) is 15.9. The maximum Gasteiger partial charge on any atom is 0.296 e. The summed E-state index contributed by atoms with van der Waals surface area (Å²) in [5.41, 5.74) is -3.18. The van der Waals surface area contributed by atoms with Crippen LogP contribution in [0.5, 0.6) is 0 Å². The summed E-state index contributed by atoms with van der Waals surface area (Å²) >= 11 is 3.37. The molecule has 254 valence electrons. The van der Waals surface area contributed by atoms with Gasteiger partial charge in [0.15, 0.2) is 5.82 Å². The van der Waals surface area contributed by atoms with Crippen LogP contribution in [-0.4, -0.2) is 25.2 Å². The number of hydrogen-bond donors (Lipinski definition) is 1. The number of alkyl halides is 4. The fourth-order valence-electron chi connectivity index (χ4n) is 7.79. The number of carbonyl (C=O) groups is 1. The molecule has 4 aliphatic carbocycles. The van der Waals surface area contributed by atoms with E-state index in [1.54, 1.807) is 30.3 Å². The van der Waals surface area contributed by atoms with Gasteiger partial charge in [-0.05, 0) is 91.3 Å². The van der Waals surface area contributed by atoms with Gasteiger partial charge in [0.2, 0.25) is 5.91 Å². The Morgan fingerprint density at radius 1 is 1.02 bits per heavy atom. The second-order valence-electron chi connectivity index (χ2n) is 13.6. The van der Waals surface area contributed by atoms with Crippen LogP contribution in [0.2, 0.25) is 0 Å². The van der Waals surface area contributed by atoms with Crippen molar-refractivity contribution in [1.82, 2.24) is 24.6 Å². The maximum absolute atomic E-state index is 15.6. The Kier molecular flexibility index (Phi) is 6.51. The normalized spacial score (nSPS) is 22.8. The summed E-state index contributed by atoms with van der Waals surface area (Å²) in [5, 5.41) is 6.59. The number of nitrogens with one attached hydrogen (secondary N) is 1. The zero-order chi connectivity index (χ0) is 34.9.